The van der Waals surface area contributed by atoms with Gasteiger partial charge in [0, 0.05) is 22.7 Å². The molecule has 3 aromatic rings. The third-order valence-electron chi connectivity index (χ3n) is 2.57. The average Bonchev–Trinajstić information content (AvgIpc) is 2.29. The van der Waals surface area contributed by atoms with Gasteiger partial charge < -0.3 is 0 Å². The highest BCUT2D eigenvalue weighted by atomic mass is 14.7. The van der Waals surface area contributed by atoms with E-state index in [4.69, 9.17) is 0 Å². The summed E-state index contributed by atoms with van der Waals surface area (Å²) in [5.74, 6) is 0. The zero-order chi connectivity index (χ0) is 10.3. The topological polar surface area (TPSA) is 25.8 Å². The molecule has 0 spiro atoms. The minimum absolute atomic E-state index is 1.00. The zero-order valence-corrected chi connectivity index (χ0v) is 8.44. The molecule has 2 aromatic heterocycles. The number of para-hydroxylation sites is 1. The SMILES string of the molecule is Cc1ccc2cnc3ccccc3c2n1. The molecule has 2 heterocycles. The van der Waals surface area contributed by atoms with Crippen LogP contribution in [0.5, 0.6) is 0 Å². The minimum Gasteiger partial charge on any atom is -0.255 e. The van der Waals surface area contributed by atoms with Crippen LogP contribution in [0.25, 0.3) is 21.8 Å². The zero-order valence-electron chi connectivity index (χ0n) is 8.44. The summed E-state index contributed by atoms with van der Waals surface area (Å²) in [7, 11) is 0. The normalized spacial score (nSPS) is 11.0. The lowest BCUT2D eigenvalue weighted by Gasteiger charge is -2.02. The predicted octanol–water partition coefficient (Wildman–Crippen LogP) is 3.09. The number of benzene rings is 1. The second-order valence-electron chi connectivity index (χ2n) is 3.67. The summed E-state index contributed by atoms with van der Waals surface area (Å²) >= 11 is 0. The van der Waals surface area contributed by atoms with Crippen LogP contribution in [0.2, 0.25) is 0 Å². The van der Waals surface area contributed by atoms with E-state index in [0.717, 1.165) is 27.5 Å². The van der Waals surface area contributed by atoms with Crippen molar-refractivity contribution in [2.75, 3.05) is 0 Å². The van der Waals surface area contributed by atoms with Crippen LogP contribution in [0.4, 0.5) is 0 Å². The highest BCUT2D eigenvalue weighted by molar-refractivity contribution is 6.02. The van der Waals surface area contributed by atoms with Gasteiger partial charge in [-0.05, 0) is 25.1 Å². The molecule has 0 unspecified atom stereocenters. The van der Waals surface area contributed by atoms with Crippen molar-refractivity contribution in [3.8, 4) is 0 Å². The van der Waals surface area contributed by atoms with Gasteiger partial charge in [-0.2, -0.15) is 0 Å². The number of nitrogens with zero attached hydrogens (tertiary/aromatic N) is 2. The number of hydrogen-bond donors (Lipinski definition) is 0. The van der Waals surface area contributed by atoms with E-state index in [1.165, 1.54) is 0 Å². The number of pyridine rings is 2. The Morgan fingerprint density at radius 2 is 1.87 bits per heavy atom. The summed E-state index contributed by atoms with van der Waals surface area (Å²) in [6.45, 7) is 2.01. The Balaban J connectivity index is 2.57. The molecular weight excluding hydrogens is 184 g/mol. The van der Waals surface area contributed by atoms with Crippen LogP contribution in [-0.2, 0) is 0 Å². The maximum Gasteiger partial charge on any atom is 0.0814 e. The smallest absolute Gasteiger partial charge is 0.0814 e. The highest BCUT2D eigenvalue weighted by Gasteiger charge is 2.01. The van der Waals surface area contributed by atoms with Gasteiger partial charge in [-0.15, -0.1) is 0 Å². The van der Waals surface area contributed by atoms with Crippen molar-refractivity contribution in [2.24, 2.45) is 0 Å². The van der Waals surface area contributed by atoms with Gasteiger partial charge in [-0.1, -0.05) is 18.2 Å². The maximum atomic E-state index is 4.56. The first-order valence-corrected chi connectivity index (χ1v) is 4.96. The molecule has 0 atom stereocenters. The van der Waals surface area contributed by atoms with Crippen LogP contribution < -0.4 is 0 Å². The van der Waals surface area contributed by atoms with Crippen LogP contribution in [0.1, 0.15) is 5.69 Å². The summed E-state index contributed by atoms with van der Waals surface area (Å²) in [6.07, 6.45) is 1.88. The van der Waals surface area contributed by atoms with Crippen molar-refractivity contribution < 1.29 is 0 Å². The molecule has 72 valence electrons. The van der Waals surface area contributed by atoms with E-state index in [1.807, 2.05) is 37.4 Å². The summed E-state index contributed by atoms with van der Waals surface area (Å²) in [6, 6.07) is 12.2. The molecule has 0 amide bonds. The van der Waals surface area contributed by atoms with Gasteiger partial charge in [-0.25, -0.2) is 0 Å². The van der Waals surface area contributed by atoms with Crippen molar-refractivity contribution in [3.63, 3.8) is 0 Å². The molecule has 0 fully saturated rings. The maximum absolute atomic E-state index is 4.56. The van der Waals surface area contributed by atoms with Crippen molar-refractivity contribution in [3.05, 3.63) is 48.3 Å². The fourth-order valence-corrected chi connectivity index (χ4v) is 1.81. The number of fused-ring (bicyclic) bond motifs is 3. The molecule has 0 N–H and O–H groups in total. The molecule has 0 saturated carbocycles. The Hall–Kier alpha value is -1.96. The molecule has 0 aliphatic carbocycles. The molecule has 2 heteroatoms. The van der Waals surface area contributed by atoms with E-state index < -0.39 is 0 Å². The molecule has 0 aliphatic heterocycles. The van der Waals surface area contributed by atoms with Gasteiger partial charge in [0.15, 0.2) is 0 Å². The second-order valence-corrected chi connectivity index (χ2v) is 3.67. The molecule has 0 radical (unpaired) electrons. The van der Waals surface area contributed by atoms with E-state index in [9.17, 15) is 0 Å². The molecule has 15 heavy (non-hydrogen) atoms. The number of hydrogen-bond acceptors (Lipinski definition) is 2. The molecule has 0 saturated heterocycles. The van der Waals surface area contributed by atoms with E-state index >= 15 is 0 Å². The van der Waals surface area contributed by atoms with Crippen molar-refractivity contribution in [2.45, 2.75) is 6.92 Å². The minimum atomic E-state index is 1.00. The Kier molecular flexibility index (Phi) is 1.68. The first-order valence-electron chi connectivity index (χ1n) is 4.96. The van der Waals surface area contributed by atoms with Gasteiger partial charge in [-0.3, -0.25) is 9.97 Å². The second kappa shape index (κ2) is 3.02. The fourth-order valence-electron chi connectivity index (χ4n) is 1.81. The van der Waals surface area contributed by atoms with Gasteiger partial charge in [0.05, 0.1) is 11.0 Å². The monoisotopic (exact) mass is 194 g/mol. The van der Waals surface area contributed by atoms with E-state index in [0.29, 0.717) is 0 Å². The van der Waals surface area contributed by atoms with Crippen LogP contribution in [0, 0.1) is 6.92 Å². The lowest BCUT2D eigenvalue weighted by atomic mass is 10.1. The third kappa shape index (κ3) is 1.26. The summed E-state index contributed by atoms with van der Waals surface area (Å²) in [5, 5.41) is 2.22. The molecule has 2 nitrogen and oxygen atoms in total. The number of aryl methyl sites for hydroxylation is 1. The Morgan fingerprint density at radius 1 is 1.00 bits per heavy atom. The largest absolute Gasteiger partial charge is 0.255 e. The molecule has 1 aromatic carbocycles. The molecule has 0 aliphatic rings. The van der Waals surface area contributed by atoms with Crippen LogP contribution in [-0.4, -0.2) is 9.97 Å². The van der Waals surface area contributed by atoms with Gasteiger partial charge in [0.25, 0.3) is 0 Å². The number of rotatable bonds is 0. The van der Waals surface area contributed by atoms with Gasteiger partial charge >= 0.3 is 0 Å². The third-order valence-corrected chi connectivity index (χ3v) is 2.57. The number of aromatic nitrogens is 2. The average molecular weight is 194 g/mol. The Morgan fingerprint density at radius 3 is 2.80 bits per heavy atom. The van der Waals surface area contributed by atoms with Crippen LogP contribution in [0.15, 0.2) is 42.6 Å². The first-order chi connectivity index (χ1) is 7.34. The highest BCUT2D eigenvalue weighted by Crippen LogP contribution is 2.21. The van der Waals surface area contributed by atoms with Crippen molar-refractivity contribution in [1.29, 1.82) is 0 Å². The van der Waals surface area contributed by atoms with Gasteiger partial charge in [0.2, 0.25) is 0 Å². The summed E-state index contributed by atoms with van der Waals surface area (Å²) < 4.78 is 0. The quantitative estimate of drug-likeness (QED) is 0.514. The van der Waals surface area contributed by atoms with Crippen molar-refractivity contribution >= 4 is 21.8 Å². The van der Waals surface area contributed by atoms with Crippen molar-refractivity contribution in [1.82, 2.24) is 9.97 Å². The van der Waals surface area contributed by atoms with E-state index in [2.05, 4.69) is 22.1 Å². The predicted molar refractivity (Wildman–Crippen MR) is 61.8 cm³/mol. The Labute approximate surface area is 87.6 Å². The lowest BCUT2D eigenvalue weighted by molar-refractivity contribution is 1.26. The van der Waals surface area contributed by atoms with E-state index in [-0.39, 0.29) is 0 Å². The molecule has 3 rings (SSSR count). The van der Waals surface area contributed by atoms with Gasteiger partial charge in [0.1, 0.15) is 0 Å². The standard InChI is InChI=1S/C13H10N2/c1-9-6-7-10-8-14-12-5-3-2-4-11(12)13(10)15-9/h2-8H,1H3. The molecular formula is C13H10N2. The molecule has 0 bridgehead atoms. The lowest BCUT2D eigenvalue weighted by Crippen LogP contribution is -1.86. The summed E-state index contributed by atoms with van der Waals surface area (Å²) in [4.78, 5) is 8.96. The summed E-state index contributed by atoms with van der Waals surface area (Å²) in [5.41, 5.74) is 3.09. The van der Waals surface area contributed by atoms with E-state index in [1.54, 1.807) is 0 Å². The van der Waals surface area contributed by atoms with Crippen LogP contribution in [0.3, 0.4) is 0 Å². The Bertz CT molecular complexity index is 644. The first kappa shape index (κ1) is 8.36. The fraction of sp³-hybridized carbons (Fsp3) is 0.0769. The van der Waals surface area contributed by atoms with Crippen LogP contribution >= 0.6 is 0 Å².